The maximum Gasteiger partial charge on any atom is 0.407 e. The fraction of sp³-hybridized carbons (Fsp3) is 0.444. The summed E-state index contributed by atoms with van der Waals surface area (Å²) in [6.07, 6.45) is 2.39. The lowest BCUT2D eigenvalue weighted by molar-refractivity contribution is -0.150. The Bertz CT molecular complexity index is 1000. The maximum atomic E-state index is 12.2. The highest BCUT2D eigenvalue weighted by Gasteiger charge is 2.36. The van der Waals surface area contributed by atoms with Gasteiger partial charge in [0, 0.05) is 37.9 Å². The van der Waals surface area contributed by atoms with Gasteiger partial charge < -0.3 is 20.1 Å². The Morgan fingerprint density at radius 3 is 2.24 bits per heavy atom. The Balaban J connectivity index is 1.10. The van der Waals surface area contributed by atoms with Crippen molar-refractivity contribution in [3.8, 4) is 11.1 Å². The second kappa shape index (κ2) is 10.7. The van der Waals surface area contributed by atoms with E-state index >= 15 is 0 Å². The van der Waals surface area contributed by atoms with Crippen molar-refractivity contribution >= 4 is 18.0 Å². The van der Waals surface area contributed by atoms with Crippen LogP contribution in [0.1, 0.15) is 49.7 Å². The van der Waals surface area contributed by atoms with E-state index in [1.807, 2.05) is 24.3 Å². The number of benzene rings is 2. The van der Waals surface area contributed by atoms with Crippen molar-refractivity contribution < 1.29 is 24.2 Å². The lowest BCUT2D eigenvalue weighted by Crippen LogP contribution is -2.53. The van der Waals surface area contributed by atoms with Gasteiger partial charge in [-0.2, -0.15) is 0 Å². The molecule has 2 aromatic rings. The van der Waals surface area contributed by atoms with Gasteiger partial charge in [0.25, 0.3) is 0 Å². The highest BCUT2D eigenvalue weighted by molar-refractivity contribution is 5.79. The van der Waals surface area contributed by atoms with E-state index in [0.717, 1.165) is 19.3 Å². The van der Waals surface area contributed by atoms with Crippen LogP contribution in [-0.2, 0) is 14.3 Å². The predicted octanol–water partition coefficient (Wildman–Crippen LogP) is 4.26. The molecule has 180 valence electrons. The topological polar surface area (TPSA) is 95.9 Å². The molecule has 7 heteroatoms. The number of carboxylic acid groups (broad SMARTS) is 1. The molecule has 34 heavy (non-hydrogen) atoms. The van der Waals surface area contributed by atoms with Crippen molar-refractivity contribution in [2.75, 3.05) is 26.2 Å². The molecule has 1 aliphatic heterocycles. The van der Waals surface area contributed by atoms with Gasteiger partial charge in [-0.15, -0.1) is 0 Å². The molecule has 1 aliphatic carbocycles. The molecule has 7 nitrogen and oxygen atoms in total. The summed E-state index contributed by atoms with van der Waals surface area (Å²) in [7, 11) is 0. The smallest absolute Gasteiger partial charge is 0.407 e. The number of rotatable bonds is 10. The summed E-state index contributed by atoms with van der Waals surface area (Å²) >= 11 is 0. The molecule has 0 aromatic heterocycles. The van der Waals surface area contributed by atoms with E-state index < -0.39 is 18.0 Å². The van der Waals surface area contributed by atoms with Crippen molar-refractivity contribution in [2.45, 2.75) is 38.5 Å². The second-order valence-electron chi connectivity index (χ2n) is 9.25. The number of hydrogen-bond acceptors (Lipinski definition) is 4. The number of likely N-dealkylation sites (tertiary alicyclic amines) is 1. The van der Waals surface area contributed by atoms with Crippen molar-refractivity contribution in [3.63, 3.8) is 0 Å². The van der Waals surface area contributed by atoms with E-state index in [0.29, 0.717) is 32.7 Å². The number of aliphatic carboxylic acids is 1. The molecular formula is C27H32N2O5. The van der Waals surface area contributed by atoms with Crippen LogP contribution >= 0.6 is 0 Å². The van der Waals surface area contributed by atoms with Gasteiger partial charge in [0.1, 0.15) is 6.61 Å². The van der Waals surface area contributed by atoms with Crippen LogP contribution in [0.15, 0.2) is 48.5 Å². The third-order valence-corrected chi connectivity index (χ3v) is 7.04. The molecule has 2 N–H and O–H groups in total. The van der Waals surface area contributed by atoms with Gasteiger partial charge >= 0.3 is 12.1 Å². The highest BCUT2D eigenvalue weighted by atomic mass is 16.5. The molecular weight excluding hydrogens is 432 g/mol. The minimum atomic E-state index is -0.805. The lowest BCUT2D eigenvalue weighted by Gasteiger charge is -2.41. The molecule has 0 saturated carbocycles. The van der Waals surface area contributed by atoms with Crippen LogP contribution in [0.4, 0.5) is 4.79 Å². The molecule has 1 atom stereocenters. The normalized spacial score (nSPS) is 15.7. The third kappa shape index (κ3) is 5.24. The van der Waals surface area contributed by atoms with E-state index in [1.54, 1.807) is 11.8 Å². The van der Waals surface area contributed by atoms with Gasteiger partial charge in [-0.3, -0.25) is 9.59 Å². The zero-order valence-electron chi connectivity index (χ0n) is 19.5. The van der Waals surface area contributed by atoms with Crippen LogP contribution in [0, 0.1) is 11.8 Å². The Morgan fingerprint density at radius 1 is 1.00 bits per heavy atom. The third-order valence-electron chi connectivity index (χ3n) is 7.04. The second-order valence-corrected chi connectivity index (χ2v) is 9.25. The molecule has 0 spiro atoms. The lowest BCUT2D eigenvalue weighted by atomic mass is 9.87. The number of carboxylic acids is 1. The minimum absolute atomic E-state index is 0.0451. The van der Waals surface area contributed by atoms with Gasteiger partial charge in [0.2, 0.25) is 5.91 Å². The fourth-order valence-electron chi connectivity index (χ4n) is 4.81. The van der Waals surface area contributed by atoms with E-state index in [2.05, 4.69) is 29.6 Å². The summed E-state index contributed by atoms with van der Waals surface area (Å²) in [5.74, 6) is -1.03. The van der Waals surface area contributed by atoms with Gasteiger partial charge in [-0.25, -0.2) is 4.79 Å². The van der Waals surface area contributed by atoms with Crippen LogP contribution in [0.3, 0.4) is 0 Å². The summed E-state index contributed by atoms with van der Waals surface area (Å²) in [6, 6.07) is 16.5. The number of nitrogens with one attached hydrogen (secondary N) is 1. The van der Waals surface area contributed by atoms with Gasteiger partial charge in [-0.05, 0) is 35.1 Å². The molecule has 1 heterocycles. The summed E-state index contributed by atoms with van der Waals surface area (Å²) in [6.45, 7) is 3.57. The zero-order chi connectivity index (χ0) is 24.1. The van der Waals surface area contributed by atoms with Crippen LogP contribution in [0.5, 0.6) is 0 Å². The van der Waals surface area contributed by atoms with E-state index in [1.165, 1.54) is 22.3 Å². The highest BCUT2D eigenvalue weighted by Crippen LogP contribution is 2.44. The number of ether oxygens (including phenoxy) is 1. The van der Waals surface area contributed by atoms with Crippen LogP contribution in [0.25, 0.3) is 11.1 Å². The van der Waals surface area contributed by atoms with Crippen LogP contribution in [-0.4, -0.2) is 54.2 Å². The summed E-state index contributed by atoms with van der Waals surface area (Å²) in [4.78, 5) is 37.1. The molecule has 2 amide bonds. The number of unbranched alkanes of at least 4 members (excludes halogenated alkanes) is 2. The zero-order valence-corrected chi connectivity index (χ0v) is 19.5. The quantitative estimate of drug-likeness (QED) is 0.512. The largest absolute Gasteiger partial charge is 0.481 e. The molecule has 1 unspecified atom stereocenters. The minimum Gasteiger partial charge on any atom is -0.481 e. The molecule has 0 bridgehead atoms. The molecule has 2 aliphatic rings. The molecule has 1 saturated heterocycles. The maximum absolute atomic E-state index is 12.2. The first-order valence-corrected chi connectivity index (χ1v) is 12.0. The van der Waals surface area contributed by atoms with Gasteiger partial charge in [0.05, 0.1) is 5.92 Å². The number of carbonyl (C=O) groups excluding carboxylic acids is 2. The number of nitrogens with zero attached hydrogens (tertiary/aromatic N) is 1. The number of fused-ring (bicyclic) bond motifs is 3. The summed E-state index contributed by atoms with van der Waals surface area (Å²) in [5, 5.41) is 11.8. The monoisotopic (exact) mass is 464 g/mol. The van der Waals surface area contributed by atoms with Crippen molar-refractivity contribution in [2.24, 2.45) is 11.8 Å². The van der Waals surface area contributed by atoms with Gasteiger partial charge in [-0.1, -0.05) is 61.9 Å². The first kappa shape index (κ1) is 23.8. The fourth-order valence-corrected chi connectivity index (χ4v) is 4.81. The Kier molecular flexibility index (Phi) is 7.50. The number of amides is 2. The number of alkyl carbamates (subject to hydrolysis) is 1. The SMILES string of the molecule is CC(C(=O)O)C1CN(C(=O)CCCCCNC(=O)OCC2c3ccccc3-c3ccccc32)C1. The van der Waals surface area contributed by atoms with Gasteiger partial charge in [0.15, 0.2) is 0 Å². The van der Waals surface area contributed by atoms with Crippen molar-refractivity contribution in [1.82, 2.24) is 10.2 Å². The first-order chi connectivity index (χ1) is 16.5. The standard InChI is InChI=1S/C27H32N2O5/c1-18(26(31)32)19-15-29(16-19)25(30)13-3-2-8-14-28-27(33)34-17-24-22-11-6-4-9-20(22)21-10-5-7-12-23(21)24/h4-7,9-12,18-19,24H,2-3,8,13-17H2,1H3,(H,28,33)(H,31,32). The number of hydrogen-bond donors (Lipinski definition) is 2. The first-order valence-electron chi connectivity index (χ1n) is 12.0. The summed E-state index contributed by atoms with van der Waals surface area (Å²) in [5.41, 5.74) is 4.78. The van der Waals surface area contributed by atoms with E-state index in [9.17, 15) is 14.4 Å². The average molecular weight is 465 g/mol. The van der Waals surface area contributed by atoms with Crippen LogP contribution in [0.2, 0.25) is 0 Å². The van der Waals surface area contributed by atoms with Crippen LogP contribution < -0.4 is 5.32 Å². The number of carbonyl (C=O) groups is 3. The summed E-state index contributed by atoms with van der Waals surface area (Å²) < 4.78 is 5.53. The van der Waals surface area contributed by atoms with Crippen molar-refractivity contribution in [3.05, 3.63) is 59.7 Å². The van der Waals surface area contributed by atoms with E-state index in [-0.39, 0.29) is 17.7 Å². The average Bonchev–Trinajstić information content (AvgIpc) is 3.12. The Labute approximate surface area is 200 Å². The Morgan fingerprint density at radius 2 is 1.62 bits per heavy atom. The molecule has 4 rings (SSSR count). The molecule has 0 radical (unpaired) electrons. The van der Waals surface area contributed by atoms with E-state index in [4.69, 9.17) is 9.84 Å². The molecule has 1 fully saturated rings. The van der Waals surface area contributed by atoms with Crippen molar-refractivity contribution in [1.29, 1.82) is 0 Å². The molecule has 2 aromatic carbocycles. The predicted molar refractivity (Wildman–Crippen MR) is 128 cm³/mol. The Hall–Kier alpha value is -3.35.